The normalized spacial score (nSPS) is 16.3. The highest BCUT2D eigenvalue weighted by molar-refractivity contribution is 7.98. The maximum absolute atomic E-state index is 6.35. The molecule has 2 rings (SSSR count). The van der Waals surface area contributed by atoms with E-state index in [0.717, 1.165) is 0 Å². The second kappa shape index (κ2) is 8.33. The van der Waals surface area contributed by atoms with E-state index in [4.69, 9.17) is 5.73 Å². The third kappa shape index (κ3) is 4.80. The van der Waals surface area contributed by atoms with Gasteiger partial charge in [-0.1, -0.05) is 45.4 Å². The molecule has 2 heterocycles. The lowest BCUT2D eigenvalue weighted by atomic mass is 10.0. The molecular formula is C16H27NS2. The summed E-state index contributed by atoms with van der Waals surface area (Å²) in [5, 5.41) is 0. The highest BCUT2D eigenvalue weighted by Crippen LogP contribution is 2.35. The van der Waals surface area contributed by atoms with Crippen LogP contribution in [0.15, 0.2) is 6.07 Å². The van der Waals surface area contributed by atoms with Gasteiger partial charge < -0.3 is 5.73 Å². The molecule has 108 valence electrons. The van der Waals surface area contributed by atoms with E-state index in [-0.39, 0.29) is 6.04 Å². The van der Waals surface area contributed by atoms with Crippen LogP contribution >= 0.6 is 23.1 Å². The zero-order valence-corrected chi connectivity index (χ0v) is 13.8. The van der Waals surface area contributed by atoms with Gasteiger partial charge in [0.2, 0.25) is 0 Å². The fourth-order valence-corrected chi connectivity index (χ4v) is 5.05. The molecule has 0 aromatic carbocycles. The summed E-state index contributed by atoms with van der Waals surface area (Å²) in [4.78, 5) is 3.04. The van der Waals surface area contributed by atoms with E-state index in [1.165, 1.54) is 67.7 Å². The van der Waals surface area contributed by atoms with Gasteiger partial charge in [-0.25, -0.2) is 0 Å². The van der Waals surface area contributed by atoms with Gasteiger partial charge in [0.25, 0.3) is 0 Å². The van der Waals surface area contributed by atoms with Gasteiger partial charge in [-0.05, 0) is 30.2 Å². The first-order valence-electron chi connectivity index (χ1n) is 7.76. The largest absolute Gasteiger partial charge is 0.323 e. The Balaban J connectivity index is 1.70. The third-order valence-corrected chi connectivity index (χ3v) is 6.26. The van der Waals surface area contributed by atoms with Gasteiger partial charge in [-0.3, -0.25) is 0 Å². The van der Waals surface area contributed by atoms with Gasteiger partial charge in [-0.15, -0.1) is 11.3 Å². The summed E-state index contributed by atoms with van der Waals surface area (Å²) in [6.07, 6.45) is 10.6. The smallest absolute Gasteiger partial charge is 0.0389 e. The Morgan fingerprint density at radius 3 is 2.79 bits per heavy atom. The van der Waals surface area contributed by atoms with Crippen LogP contribution in [0.3, 0.4) is 0 Å². The summed E-state index contributed by atoms with van der Waals surface area (Å²) in [7, 11) is 0. The van der Waals surface area contributed by atoms with Crippen molar-refractivity contribution in [2.24, 2.45) is 5.73 Å². The number of thioether (sulfide) groups is 1. The van der Waals surface area contributed by atoms with Crippen molar-refractivity contribution in [3.05, 3.63) is 21.4 Å². The molecule has 2 N–H and O–H groups in total. The maximum Gasteiger partial charge on any atom is 0.0389 e. The first-order chi connectivity index (χ1) is 9.31. The molecule has 1 aromatic rings. The monoisotopic (exact) mass is 297 g/mol. The van der Waals surface area contributed by atoms with Crippen molar-refractivity contribution in [1.82, 2.24) is 0 Å². The van der Waals surface area contributed by atoms with Crippen LogP contribution in [0.5, 0.6) is 0 Å². The van der Waals surface area contributed by atoms with E-state index in [9.17, 15) is 0 Å². The number of unbranched alkanes of at least 4 members (excludes halogenated alkanes) is 5. The van der Waals surface area contributed by atoms with Crippen LogP contribution in [0.2, 0.25) is 0 Å². The number of aryl methyl sites for hydroxylation is 1. The van der Waals surface area contributed by atoms with Gasteiger partial charge in [0.15, 0.2) is 0 Å². The first kappa shape index (κ1) is 15.4. The minimum atomic E-state index is 0.284. The van der Waals surface area contributed by atoms with Crippen molar-refractivity contribution in [3.63, 3.8) is 0 Å². The summed E-state index contributed by atoms with van der Waals surface area (Å²) in [5.74, 6) is 2.50. The molecule has 0 spiro atoms. The molecular weight excluding hydrogens is 270 g/mol. The Bertz CT molecular complexity index is 349. The minimum absolute atomic E-state index is 0.284. The van der Waals surface area contributed by atoms with Crippen LogP contribution < -0.4 is 5.73 Å². The van der Waals surface area contributed by atoms with Crippen LogP contribution in [-0.2, 0) is 12.2 Å². The molecule has 1 aliphatic heterocycles. The Kier molecular flexibility index (Phi) is 6.75. The highest BCUT2D eigenvalue weighted by atomic mass is 32.2. The molecule has 0 radical (unpaired) electrons. The molecule has 0 fully saturated rings. The quantitative estimate of drug-likeness (QED) is 0.660. The van der Waals surface area contributed by atoms with Crippen molar-refractivity contribution >= 4 is 23.1 Å². The molecule has 1 aliphatic rings. The van der Waals surface area contributed by atoms with Gasteiger partial charge in [0.05, 0.1) is 0 Å². The van der Waals surface area contributed by atoms with E-state index in [2.05, 4.69) is 24.8 Å². The molecule has 1 unspecified atom stereocenters. The fourth-order valence-electron chi connectivity index (χ4n) is 2.64. The van der Waals surface area contributed by atoms with E-state index in [1.807, 2.05) is 11.3 Å². The van der Waals surface area contributed by atoms with E-state index in [0.29, 0.717) is 0 Å². The minimum Gasteiger partial charge on any atom is -0.323 e. The van der Waals surface area contributed by atoms with E-state index in [1.54, 1.807) is 10.4 Å². The Morgan fingerprint density at radius 1 is 1.21 bits per heavy atom. The molecule has 1 atom stereocenters. The van der Waals surface area contributed by atoms with Crippen LogP contribution in [0.4, 0.5) is 0 Å². The maximum atomic E-state index is 6.35. The van der Waals surface area contributed by atoms with Crippen LogP contribution in [0.25, 0.3) is 0 Å². The fraction of sp³-hybridized carbons (Fsp3) is 0.750. The molecule has 3 heteroatoms. The first-order valence-corrected chi connectivity index (χ1v) is 9.73. The highest BCUT2D eigenvalue weighted by Gasteiger charge is 2.16. The van der Waals surface area contributed by atoms with Crippen molar-refractivity contribution in [2.45, 2.75) is 70.1 Å². The SMILES string of the molecule is CCCCCCCCC(N)c1cc2c(s1)CCSC2. The van der Waals surface area contributed by atoms with Gasteiger partial charge in [0.1, 0.15) is 0 Å². The summed E-state index contributed by atoms with van der Waals surface area (Å²) in [6.45, 7) is 2.27. The number of thiophene rings is 1. The predicted molar refractivity (Wildman–Crippen MR) is 89.1 cm³/mol. The zero-order valence-electron chi connectivity index (χ0n) is 12.1. The Morgan fingerprint density at radius 2 is 2.00 bits per heavy atom. The lowest BCUT2D eigenvalue weighted by Crippen LogP contribution is -2.08. The average Bonchev–Trinajstić information content (AvgIpc) is 2.86. The Hall–Kier alpha value is 0.01000. The van der Waals surface area contributed by atoms with E-state index >= 15 is 0 Å². The van der Waals surface area contributed by atoms with Crippen molar-refractivity contribution in [3.8, 4) is 0 Å². The lowest BCUT2D eigenvalue weighted by Gasteiger charge is -2.09. The van der Waals surface area contributed by atoms with Crippen molar-refractivity contribution in [1.29, 1.82) is 0 Å². The number of nitrogens with two attached hydrogens (primary N) is 1. The molecule has 1 aromatic heterocycles. The van der Waals surface area contributed by atoms with Crippen molar-refractivity contribution in [2.75, 3.05) is 5.75 Å². The molecule has 0 saturated carbocycles. The molecule has 0 saturated heterocycles. The number of fused-ring (bicyclic) bond motifs is 1. The summed E-state index contributed by atoms with van der Waals surface area (Å²) in [6, 6.07) is 2.67. The standard InChI is InChI=1S/C16H27NS2/c1-2-3-4-5-6-7-8-14(17)16-11-13-12-18-10-9-15(13)19-16/h11,14H,2-10,12,17H2,1H3. The van der Waals surface area contributed by atoms with Gasteiger partial charge in [0, 0.05) is 21.5 Å². The van der Waals surface area contributed by atoms with Gasteiger partial charge >= 0.3 is 0 Å². The Labute approximate surface area is 126 Å². The van der Waals surface area contributed by atoms with Crippen LogP contribution in [-0.4, -0.2) is 5.75 Å². The summed E-state index contributed by atoms with van der Waals surface area (Å²) in [5.41, 5.74) is 7.92. The van der Waals surface area contributed by atoms with E-state index < -0.39 is 0 Å². The third-order valence-electron chi connectivity index (χ3n) is 3.88. The molecule has 1 nitrogen and oxygen atoms in total. The summed E-state index contributed by atoms with van der Waals surface area (Å²) >= 11 is 4.03. The van der Waals surface area contributed by atoms with Crippen molar-refractivity contribution < 1.29 is 0 Å². The number of hydrogen-bond donors (Lipinski definition) is 1. The molecule has 0 aliphatic carbocycles. The average molecular weight is 298 g/mol. The lowest BCUT2D eigenvalue weighted by molar-refractivity contribution is 0.551. The second-order valence-corrected chi connectivity index (χ2v) is 7.84. The van der Waals surface area contributed by atoms with Crippen LogP contribution in [0, 0.1) is 0 Å². The number of rotatable bonds is 8. The number of hydrogen-bond acceptors (Lipinski definition) is 3. The molecule has 19 heavy (non-hydrogen) atoms. The topological polar surface area (TPSA) is 26.0 Å². The summed E-state index contributed by atoms with van der Waals surface area (Å²) < 4.78 is 0. The molecule has 0 bridgehead atoms. The zero-order chi connectivity index (χ0) is 13.5. The predicted octanol–water partition coefficient (Wildman–Crippen LogP) is 5.29. The van der Waals surface area contributed by atoms with Gasteiger partial charge in [-0.2, -0.15) is 11.8 Å². The second-order valence-electron chi connectivity index (χ2n) is 5.56. The van der Waals surface area contributed by atoms with Crippen LogP contribution in [0.1, 0.15) is 73.2 Å². The molecule has 0 amide bonds.